The number of carbonyl (C=O) groups excluding carboxylic acids is 1. The molecule has 3 N–H and O–H groups in total. The van der Waals surface area contributed by atoms with Crippen LogP contribution in [0.4, 0.5) is 14.5 Å². The van der Waals surface area contributed by atoms with Crippen molar-refractivity contribution in [3.63, 3.8) is 0 Å². The average molecular weight is 283 g/mol. The van der Waals surface area contributed by atoms with Crippen molar-refractivity contribution >= 4 is 11.6 Å². The van der Waals surface area contributed by atoms with Gasteiger partial charge in [-0.1, -0.05) is 0 Å². The maximum atomic E-state index is 13.8. The first-order valence-corrected chi connectivity index (χ1v) is 6.64. The van der Waals surface area contributed by atoms with E-state index in [1.807, 2.05) is 7.05 Å². The first-order valence-electron chi connectivity index (χ1n) is 6.64. The molecule has 0 aromatic heterocycles. The number of halogens is 2. The van der Waals surface area contributed by atoms with Crippen molar-refractivity contribution in [1.82, 2.24) is 4.90 Å². The maximum Gasteiger partial charge on any atom is 0.251 e. The minimum atomic E-state index is -0.933. The summed E-state index contributed by atoms with van der Waals surface area (Å²) < 4.78 is 27.2. The summed E-state index contributed by atoms with van der Waals surface area (Å²) in [5.41, 5.74) is 4.90. The highest BCUT2D eigenvalue weighted by molar-refractivity contribution is 5.94. The Labute approximate surface area is 116 Å². The van der Waals surface area contributed by atoms with Crippen molar-refractivity contribution in [2.75, 3.05) is 18.9 Å². The maximum absolute atomic E-state index is 13.8. The summed E-state index contributed by atoms with van der Waals surface area (Å²) in [5, 5.41) is 3.05. The van der Waals surface area contributed by atoms with Crippen LogP contribution in [-0.4, -0.2) is 36.5 Å². The van der Waals surface area contributed by atoms with Gasteiger partial charge in [-0.15, -0.1) is 0 Å². The number of hydrogen-bond acceptors (Lipinski definition) is 3. The van der Waals surface area contributed by atoms with Crippen LogP contribution in [0.2, 0.25) is 0 Å². The predicted octanol–water partition coefficient (Wildman–Crippen LogP) is 1.96. The molecule has 0 saturated carbocycles. The lowest BCUT2D eigenvalue weighted by molar-refractivity contribution is 0.0996. The minimum Gasteiger partial charge on any atom is -0.380 e. The molecule has 1 aromatic rings. The third-order valence-electron chi connectivity index (χ3n) is 3.89. The molecule has 1 fully saturated rings. The summed E-state index contributed by atoms with van der Waals surface area (Å²) in [6.07, 6.45) is 1.72. The molecule has 4 nitrogen and oxygen atoms in total. The van der Waals surface area contributed by atoms with Crippen LogP contribution in [0.25, 0.3) is 0 Å². The van der Waals surface area contributed by atoms with Gasteiger partial charge in [-0.05, 0) is 32.9 Å². The van der Waals surface area contributed by atoms with Crippen LogP contribution in [-0.2, 0) is 0 Å². The number of carbonyl (C=O) groups is 1. The van der Waals surface area contributed by atoms with Crippen molar-refractivity contribution in [3.05, 3.63) is 29.3 Å². The number of anilines is 1. The van der Waals surface area contributed by atoms with Crippen LogP contribution < -0.4 is 11.1 Å². The zero-order chi connectivity index (χ0) is 14.9. The number of nitrogens with one attached hydrogen (secondary N) is 1. The molecule has 110 valence electrons. The minimum absolute atomic E-state index is 0.0990. The zero-order valence-electron chi connectivity index (χ0n) is 11.6. The topological polar surface area (TPSA) is 58.4 Å². The molecule has 1 amide bonds. The first-order chi connectivity index (χ1) is 9.38. The molecule has 2 rings (SSSR count). The number of benzene rings is 1. The Bertz CT molecular complexity index is 521. The number of nitrogens with zero attached hydrogens (tertiary/aromatic N) is 1. The zero-order valence-corrected chi connectivity index (χ0v) is 11.6. The summed E-state index contributed by atoms with van der Waals surface area (Å²) in [4.78, 5) is 13.3. The Hall–Kier alpha value is -1.69. The fourth-order valence-electron chi connectivity index (χ4n) is 2.49. The lowest BCUT2D eigenvalue weighted by atomic mass is 9.98. The van der Waals surface area contributed by atoms with E-state index < -0.39 is 17.5 Å². The number of piperidine rings is 1. The van der Waals surface area contributed by atoms with Crippen molar-refractivity contribution in [1.29, 1.82) is 0 Å². The average Bonchev–Trinajstić information content (AvgIpc) is 2.36. The fourth-order valence-corrected chi connectivity index (χ4v) is 2.49. The second kappa shape index (κ2) is 5.75. The molecule has 6 heteroatoms. The molecule has 2 unspecified atom stereocenters. The van der Waals surface area contributed by atoms with Crippen LogP contribution in [0.3, 0.4) is 0 Å². The summed E-state index contributed by atoms with van der Waals surface area (Å²) in [6.45, 7) is 3.01. The third-order valence-corrected chi connectivity index (χ3v) is 3.89. The van der Waals surface area contributed by atoms with E-state index in [0.717, 1.165) is 25.5 Å². The number of hydrogen-bond donors (Lipinski definition) is 2. The van der Waals surface area contributed by atoms with E-state index in [9.17, 15) is 13.6 Å². The number of rotatable bonds is 3. The van der Waals surface area contributed by atoms with Gasteiger partial charge in [0.2, 0.25) is 0 Å². The van der Waals surface area contributed by atoms with Gasteiger partial charge in [-0.3, -0.25) is 4.79 Å². The Balaban J connectivity index is 2.17. The normalized spacial score (nSPS) is 23.6. The van der Waals surface area contributed by atoms with Crippen LogP contribution >= 0.6 is 0 Å². The largest absolute Gasteiger partial charge is 0.380 e. The van der Waals surface area contributed by atoms with Crippen molar-refractivity contribution < 1.29 is 13.6 Å². The van der Waals surface area contributed by atoms with Crippen molar-refractivity contribution in [2.24, 2.45) is 5.73 Å². The first kappa shape index (κ1) is 14.7. The molecular formula is C14H19F2N3O. The van der Waals surface area contributed by atoms with Crippen LogP contribution in [0.15, 0.2) is 12.1 Å². The fraction of sp³-hybridized carbons (Fsp3) is 0.500. The van der Waals surface area contributed by atoms with E-state index in [2.05, 4.69) is 17.1 Å². The Morgan fingerprint density at radius 3 is 2.70 bits per heavy atom. The molecule has 1 aliphatic heterocycles. The quantitative estimate of drug-likeness (QED) is 0.891. The molecule has 0 bridgehead atoms. The van der Waals surface area contributed by atoms with Gasteiger partial charge in [0.25, 0.3) is 5.91 Å². The molecule has 1 aliphatic rings. The summed E-state index contributed by atoms with van der Waals surface area (Å²) in [6, 6.07) is 2.33. The molecule has 0 aliphatic carbocycles. The molecule has 0 spiro atoms. The second-order valence-electron chi connectivity index (χ2n) is 5.37. The highest BCUT2D eigenvalue weighted by Crippen LogP contribution is 2.24. The summed E-state index contributed by atoms with van der Waals surface area (Å²) >= 11 is 0. The van der Waals surface area contributed by atoms with E-state index in [1.165, 1.54) is 0 Å². The van der Waals surface area contributed by atoms with E-state index in [4.69, 9.17) is 5.73 Å². The summed E-state index contributed by atoms with van der Waals surface area (Å²) in [5.74, 6) is -2.54. The van der Waals surface area contributed by atoms with Gasteiger partial charge < -0.3 is 16.0 Å². The SMILES string of the molecule is CC1CC(Nc2cc(C(N)=O)c(F)cc2F)CCN1C. The lowest BCUT2D eigenvalue weighted by Crippen LogP contribution is -2.42. The van der Waals surface area contributed by atoms with E-state index >= 15 is 0 Å². The Morgan fingerprint density at radius 1 is 1.40 bits per heavy atom. The van der Waals surface area contributed by atoms with Crippen LogP contribution in [0, 0.1) is 11.6 Å². The molecular weight excluding hydrogens is 264 g/mol. The van der Waals surface area contributed by atoms with Gasteiger partial charge in [-0.2, -0.15) is 0 Å². The highest BCUT2D eigenvalue weighted by atomic mass is 19.1. The number of amides is 1. The van der Waals surface area contributed by atoms with Crippen molar-refractivity contribution in [2.45, 2.75) is 31.8 Å². The number of nitrogens with two attached hydrogens (primary N) is 1. The third kappa shape index (κ3) is 3.07. The number of likely N-dealkylation sites (tertiary alicyclic amines) is 1. The molecule has 20 heavy (non-hydrogen) atoms. The van der Waals surface area contributed by atoms with E-state index in [1.54, 1.807) is 0 Å². The van der Waals surface area contributed by atoms with Crippen LogP contribution in [0.5, 0.6) is 0 Å². The van der Waals surface area contributed by atoms with Gasteiger partial charge in [0.05, 0.1) is 11.3 Å². The predicted molar refractivity (Wildman–Crippen MR) is 73.6 cm³/mol. The van der Waals surface area contributed by atoms with Gasteiger partial charge in [0.15, 0.2) is 0 Å². The molecule has 1 heterocycles. The second-order valence-corrected chi connectivity index (χ2v) is 5.37. The number of primary amides is 1. The molecule has 1 saturated heterocycles. The van der Waals surface area contributed by atoms with E-state index in [0.29, 0.717) is 12.1 Å². The van der Waals surface area contributed by atoms with E-state index in [-0.39, 0.29) is 17.3 Å². The monoisotopic (exact) mass is 283 g/mol. The van der Waals surface area contributed by atoms with Crippen molar-refractivity contribution in [3.8, 4) is 0 Å². The van der Waals surface area contributed by atoms with Crippen LogP contribution in [0.1, 0.15) is 30.1 Å². The van der Waals surface area contributed by atoms with Gasteiger partial charge in [0.1, 0.15) is 11.6 Å². The lowest BCUT2D eigenvalue weighted by Gasteiger charge is -2.35. The molecule has 0 radical (unpaired) electrons. The smallest absolute Gasteiger partial charge is 0.251 e. The van der Waals surface area contributed by atoms with Gasteiger partial charge in [-0.25, -0.2) is 8.78 Å². The highest BCUT2D eigenvalue weighted by Gasteiger charge is 2.24. The molecule has 2 atom stereocenters. The van der Waals surface area contributed by atoms with Gasteiger partial charge in [0, 0.05) is 24.7 Å². The Morgan fingerprint density at radius 2 is 2.10 bits per heavy atom. The van der Waals surface area contributed by atoms with Gasteiger partial charge >= 0.3 is 0 Å². The Kier molecular flexibility index (Phi) is 4.23. The molecule has 1 aromatic carbocycles. The summed E-state index contributed by atoms with van der Waals surface area (Å²) in [7, 11) is 2.05. The standard InChI is InChI=1S/C14H19F2N3O/c1-8-5-9(3-4-19(8)2)18-13-6-10(14(17)20)11(15)7-12(13)16/h6-9,18H,3-5H2,1-2H3,(H2,17,20).